The molecule has 0 saturated carbocycles. The molecule has 3 heteroatoms. The van der Waals surface area contributed by atoms with Crippen molar-refractivity contribution in [2.45, 2.75) is 37.6 Å². The molecule has 21 heavy (non-hydrogen) atoms. The van der Waals surface area contributed by atoms with E-state index >= 15 is 0 Å². The molecule has 3 atom stereocenters. The first-order chi connectivity index (χ1) is 10.3. The highest BCUT2D eigenvalue weighted by atomic mass is 15.1. The van der Waals surface area contributed by atoms with Gasteiger partial charge in [-0.2, -0.15) is 5.26 Å². The maximum atomic E-state index is 8.85. The molecule has 4 rings (SSSR count). The van der Waals surface area contributed by atoms with Gasteiger partial charge in [0, 0.05) is 42.0 Å². The average Bonchev–Trinajstić information content (AvgIpc) is 2.91. The topological polar surface area (TPSA) is 42.8 Å². The van der Waals surface area contributed by atoms with E-state index in [1.54, 1.807) is 0 Å². The Morgan fingerprint density at radius 3 is 3.19 bits per heavy atom. The molecular formula is C18H21N3. The van der Waals surface area contributed by atoms with Crippen molar-refractivity contribution in [3.05, 3.63) is 35.5 Å². The van der Waals surface area contributed by atoms with Crippen LogP contribution in [0.2, 0.25) is 0 Å². The van der Waals surface area contributed by atoms with Crippen LogP contribution in [0.1, 0.15) is 36.3 Å². The Morgan fingerprint density at radius 2 is 2.33 bits per heavy atom. The van der Waals surface area contributed by atoms with Gasteiger partial charge in [-0.15, -0.1) is 0 Å². The monoisotopic (exact) mass is 279 g/mol. The lowest BCUT2D eigenvalue weighted by atomic mass is 9.72. The van der Waals surface area contributed by atoms with Gasteiger partial charge in [-0.05, 0) is 49.4 Å². The maximum absolute atomic E-state index is 8.85. The van der Waals surface area contributed by atoms with Crippen LogP contribution in [0.15, 0.2) is 24.4 Å². The molecule has 2 aliphatic rings. The summed E-state index contributed by atoms with van der Waals surface area (Å²) in [7, 11) is 2.26. The second-order valence-corrected chi connectivity index (χ2v) is 6.70. The fourth-order valence-electron chi connectivity index (χ4n) is 4.53. The van der Waals surface area contributed by atoms with Crippen LogP contribution in [0.5, 0.6) is 0 Å². The van der Waals surface area contributed by atoms with Gasteiger partial charge in [0.2, 0.25) is 0 Å². The summed E-state index contributed by atoms with van der Waals surface area (Å²) in [6, 6.07) is 9.61. The molecule has 0 spiro atoms. The van der Waals surface area contributed by atoms with E-state index < -0.39 is 0 Å². The largest absolute Gasteiger partial charge is 0.361 e. The molecule has 2 heterocycles. The van der Waals surface area contributed by atoms with Crippen molar-refractivity contribution in [2.24, 2.45) is 5.92 Å². The zero-order valence-corrected chi connectivity index (χ0v) is 12.5. The van der Waals surface area contributed by atoms with Crippen LogP contribution in [0.4, 0.5) is 0 Å². The van der Waals surface area contributed by atoms with Gasteiger partial charge in [-0.3, -0.25) is 0 Å². The molecule has 1 saturated heterocycles. The van der Waals surface area contributed by atoms with E-state index in [0.717, 1.165) is 19.4 Å². The third-order valence-corrected chi connectivity index (χ3v) is 5.48. The molecule has 0 amide bonds. The summed E-state index contributed by atoms with van der Waals surface area (Å²) in [6.45, 7) is 1.14. The van der Waals surface area contributed by atoms with Gasteiger partial charge in [-0.1, -0.05) is 12.1 Å². The molecule has 1 fully saturated rings. The molecule has 2 aromatic rings. The second kappa shape index (κ2) is 4.89. The number of hydrogen-bond acceptors (Lipinski definition) is 2. The van der Waals surface area contributed by atoms with Gasteiger partial charge < -0.3 is 9.88 Å². The number of H-pyrrole nitrogens is 1. The fourth-order valence-corrected chi connectivity index (χ4v) is 4.53. The average molecular weight is 279 g/mol. The van der Waals surface area contributed by atoms with Crippen molar-refractivity contribution >= 4 is 10.9 Å². The van der Waals surface area contributed by atoms with E-state index in [4.69, 9.17) is 5.26 Å². The summed E-state index contributed by atoms with van der Waals surface area (Å²) in [5.41, 5.74) is 4.28. The number of fused-ring (bicyclic) bond motifs is 2. The molecule has 1 aliphatic carbocycles. The minimum absolute atomic E-state index is 0.622. The van der Waals surface area contributed by atoms with E-state index in [9.17, 15) is 0 Å². The SMILES string of the molecule is CN1CC(CCC#N)C[C@H]2c3cccc4[nH]cc(c34)C[C@@H]21. The minimum atomic E-state index is 0.622. The molecule has 1 N–H and O–H groups in total. The lowest BCUT2D eigenvalue weighted by molar-refractivity contribution is 0.108. The number of likely N-dealkylation sites (tertiary alicyclic amines) is 1. The first kappa shape index (κ1) is 12.9. The lowest BCUT2D eigenvalue weighted by Crippen LogP contribution is -2.47. The number of hydrogen-bond donors (Lipinski definition) is 1. The normalized spacial score (nSPS) is 28.3. The molecule has 1 unspecified atom stereocenters. The summed E-state index contributed by atoms with van der Waals surface area (Å²) in [4.78, 5) is 5.96. The van der Waals surface area contributed by atoms with Crippen LogP contribution in [-0.4, -0.2) is 29.5 Å². The van der Waals surface area contributed by atoms with Gasteiger partial charge in [0.05, 0.1) is 6.07 Å². The molecule has 1 aromatic carbocycles. The van der Waals surface area contributed by atoms with Gasteiger partial charge >= 0.3 is 0 Å². The Kier molecular flexibility index (Phi) is 3.01. The molecule has 1 aromatic heterocycles. The van der Waals surface area contributed by atoms with E-state index in [-0.39, 0.29) is 0 Å². The Labute approximate surface area is 125 Å². The molecule has 108 valence electrons. The molecule has 0 bridgehead atoms. The van der Waals surface area contributed by atoms with E-state index in [0.29, 0.717) is 24.3 Å². The predicted molar refractivity (Wildman–Crippen MR) is 84.1 cm³/mol. The maximum Gasteiger partial charge on any atom is 0.0621 e. The van der Waals surface area contributed by atoms with Crippen molar-refractivity contribution < 1.29 is 0 Å². The van der Waals surface area contributed by atoms with Crippen molar-refractivity contribution in [1.82, 2.24) is 9.88 Å². The van der Waals surface area contributed by atoms with Gasteiger partial charge in [0.15, 0.2) is 0 Å². The van der Waals surface area contributed by atoms with Crippen LogP contribution >= 0.6 is 0 Å². The standard InChI is InChI=1S/C18H21N3/c1-21-11-12(4-3-7-19)8-15-14-5-2-6-16-18(14)13(10-20-16)9-17(15)21/h2,5-6,10,12,15,17,20H,3-4,8-9,11H2,1H3/t12?,15-,17-/m0/s1. The summed E-state index contributed by atoms with van der Waals surface area (Å²) < 4.78 is 0. The number of aromatic amines is 1. The van der Waals surface area contributed by atoms with Crippen molar-refractivity contribution in [1.29, 1.82) is 5.26 Å². The Hall–Kier alpha value is -1.79. The molecular weight excluding hydrogens is 258 g/mol. The summed E-state index contributed by atoms with van der Waals surface area (Å²) in [5, 5.41) is 10.3. The highest BCUT2D eigenvalue weighted by molar-refractivity contribution is 5.88. The van der Waals surface area contributed by atoms with Crippen LogP contribution in [0, 0.1) is 17.2 Å². The fraction of sp³-hybridized carbons (Fsp3) is 0.500. The Bertz CT molecular complexity index is 709. The van der Waals surface area contributed by atoms with Crippen LogP contribution in [0.3, 0.4) is 0 Å². The van der Waals surface area contributed by atoms with Crippen LogP contribution in [0.25, 0.3) is 10.9 Å². The predicted octanol–water partition coefficient (Wildman–Crippen LogP) is 3.43. The third-order valence-electron chi connectivity index (χ3n) is 5.48. The smallest absolute Gasteiger partial charge is 0.0621 e. The minimum Gasteiger partial charge on any atom is -0.361 e. The molecule has 0 radical (unpaired) electrons. The van der Waals surface area contributed by atoms with Crippen molar-refractivity contribution in [2.75, 3.05) is 13.6 Å². The number of nitrogens with one attached hydrogen (secondary N) is 1. The number of nitriles is 1. The number of likely N-dealkylation sites (N-methyl/N-ethyl adjacent to an activating group) is 1. The van der Waals surface area contributed by atoms with Gasteiger partial charge in [0.1, 0.15) is 0 Å². The van der Waals surface area contributed by atoms with Gasteiger partial charge in [-0.25, -0.2) is 0 Å². The van der Waals surface area contributed by atoms with Crippen LogP contribution in [-0.2, 0) is 6.42 Å². The van der Waals surface area contributed by atoms with E-state index in [2.05, 4.69) is 47.4 Å². The van der Waals surface area contributed by atoms with Gasteiger partial charge in [0.25, 0.3) is 0 Å². The number of benzene rings is 1. The number of rotatable bonds is 2. The Balaban J connectivity index is 1.73. The third kappa shape index (κ3) is 1.98. The molecule has 1 aliphatic heterocycles. The number of piperidine rings is 1. The van der Waals surface area contributed by atoms with E-state index in [1.165, 1.54) is 28.5 Å². The summed E-state index contributed by atoms with van der Waals surface area (Å²) in [5.74, 6) is 1.28. The number of aromatic nitrogens is 1. The highest BCUT2D eigenvalue weighted by Crippen LogP contribution is 2.44. The second-order valence-electron chi connectivity index (χ2n) is 6.70. The quantitative estimate of drug-likeness (QED) is 0.915. The zero-order chi connectivity index (χ0) is 14.4. The summed E-state index contributed by atoms with van der Waals surface area (Å²) >= 11 is 0. The highest BCUT2D eigenvalue weighted by Gasteiger charge is 2.38. The van der Waals surface area contributed by atoms with Crippen molar-refractivity contribution in [3.63, 3.8) is 0 Å². The first-order valence-electron chi connectivity index (χ1n) is 7.94. The summed E-state index contributed by atoms with van der Waals surface area (Å²) in [6.07, 6.45) is 6.32. The van der Waals surface area contributed by atoms with Crippen LogP contribution < -0.4 is 0 Å². The van der Waals surface area contributed by atoms with Crippen molar-refractivity contribution in [3.8, 4) is 6.07 Å². The molecule has 3 nitrogen and oxygen atoms in total. The van der Waals surface area contributed by atoms with E-state index in [1.807, 2.05) is 0 Å². The lowest BCUT2D eigenvalue weighted by Gasteiger charge is -2.45. The Morgan fingerprint density at radius 1 is 1.43 bits per heavy atom. The zero-order valence-electron chi connectivity index (χ0n) is 12.5. The first-order valence-corrected chi connectivity index (χ1v) is 7.94. The number of nitrogens with zero attached hydrogens (tertiary/aromatic N) is 2.